The first-order valence-corrected chi connectivity index (χ1v) is 4.21. The Hall–Kier alpha value is -0.470. The molecule has 2 rings (SSSR count). The van der Waals surface area contributed by atoms with E-state index in [9.17, 15) is 0 Å². The van der Waals surface area contributed by atoms with Gasteiger partial charge in [-0.25, -0.2) is 0 Å². The summed E-state index contributed by atoms with van der Waals surface area (Å²) in [5, 5.41) is 0. The van der Waals surface area contributed by atoms with E-state index in [1.807, 2.05) is 18.2 Å². The SMILES string of the molecule is c1ccc(C2CSO2)cc1. The van der Waals surface area contributed by atoms with E-state index in [2.05, 4.69) is 12.1 Å². The van der Waals surface area contributed by atoms with Crippen LogP contribution >= 0.6 is 12.0 Å². The number of hydrogen-bond acceptors (Lipinski definition) is 2. The minimum atomic E-state index is 0.353. The summed E-state index contributed by atoms with van der Waals surface area (Å²) < 4.78 is 5.23. The van der Waals surface area contributed by atoms with Gasteiger partial charge in [-0.2, -0.15) is 0 Å². The average molecular weight is 152 g/mol. The number of hydrogen-bond donors (Lipinski definition) is 0. The molecule has 10 heavy (non-hydrogen) atoms. The van der Waals surface area contributed by atoms with E-state index in [1.165, 1.54) is 17.6 Å². The second kappa shape index (κ2) is 2.64. The van der Waals surface area contributed by atoms with Crippen molar-refractivity contribution in [2.75, 3.05) is 5.75 Å². The first-order chi connectivity index (χ1) is 4.97. The zero-order valence-electron chi connectivity index (χ0n) is 5.49. The summed E-state index contributed by atoms with van der Waals surface area (Å²) in [6.07, 6.45) is 0.353. The Morgan fingerprint density at radius 3 is 2.50 bits per heavy atom. The molecule has 0 radical (unpaired) electrons. The van der Waals surface area contributed by atoms with Crippen molar-refractivity contribution in [1.82, 2.24) is 0 Å². The van der Waals surface area contributed by atoms with Crippen molar-refractivity contribution in [3.05, 3.63) is 35.9 Å². The predicted octanol–water partition coefficient (Wildman–Crippen LogP) is 2.41. The highest BCUT2D eigenvalue weighted by atomic mass is 32.2. The highest BCUT2D eigenvalue weighted by Gasteiger charge is 2.20. The second-order valence-corrected chi connectivity index (χ2v) is 3.04. The van der Waals surface area contributed by atoms with Crippen molar-refractivity contribution in [3.63, 3.8) is 0 Å². The summed E-state index contributed by atoms with van der Waals surface area (Å²) in [6, 6.07) is 10.3. The summed E-state index contributed by atoms with van der Waals surface area (Å²) in [5.41, 5.74) is 1.29. The number of benzene rings is 1. The van der Waals surface area contributed by atoms with Gasteiger partial charge >= 0.3 is 0 Å². The third kappa shape index (κ3) is 1.04. The monoisotopic (exact) mass is 152 g/mol. The van der Waals surface area contributed by atoms with Crippen LogP contribution in [0.4, 0.5) is 0 Å². The van der Waals surface area contributed by atoms with Gasteiger partial charge in [-0.05, 0) is 17.6 Å². The molecular weight excluding hydrogens is 144 g/mol. The molecule has 1 fully saturated rings. The van der Waals surface area contributed by atoms with Crippen LogP contribution in [0, 0.1) is 0 Å². The molecule has 0 bridgehead atoms. The van der Waals surface area contributed by atoms with Crippen LogP contribution in [0.1, 0.15) is 11.7 Å². The minimum Gasteiger partial charge on any atom is -0.306 e. The van der Waals surface area contributed by atoms with E-state index in [-0.39, 0.29) is 0 Å². The Balaban J connectivity index is 2.18. The van der Waals surface area contributed by atoms with E-state index in [1.54, 1.807) is 0 Å². The summed E-state index contributed by atoms with van der Waals surface area (Å²) >= 11 is 1.54. The summed E-state index contributed by atoms with van der Waals surface area (Å²) in [7, 11) is 0. The molecule has 1 unspecified atom stereocenters. The van der Waals surface area contributed by atoms with Crippen LogP contribution in [0.25, 0.3) is 0 Å². The average Bonchev–Trinajstić information content (AvgIpc) is 1.86. The van der Waals surface area contributed by atoms with Crippen molar-refractivity contribution < 1.29 is 4.18 Å². The zero-order chi connectivity index (χ0) is 6.81. The van der Waals surface area contributed by atoms with E-state index in [4.69, 9.17) is 4.18 Å². The van der Waals surface area contributed by atoms with Gasteiger partial charge in [0.25, 0.3) is 0 Å². The molecule has 1 atom stereocenters. The Morgan fingerprint density at radius 1 is 1.30 bits per heavy atom. The molecule has 0 saturated carbocycles. The topological polar surface area (TPSA) is 9.23 Å². The quantitative estimate of drug-likeness (QED) is 0.571. The first-order valence-electron chi connectivity index (χ1n) is 3.30. The van der Waals surface area contributed by atoms with Crippen molar-refractivity contribution in [3.8, 4) is 0 Å². The summed E-state index contributed by atoms with van der Waals surface area (Å²) in [6.45, 7) is 0. The van der Waals surface area contributed by atoms with Crippen LogP contribution in [0.3, 0.4) is 0 Å². The van der Waals surface area contributed by atoms with Gasteiger partial charge in [0.15, 0.2) is 0 Å². The molecule has 52 valence electrons. The molecule has 0 spiro atoms. The van der Waals surface area contributed by atoms with Crippen molar-refractivity contribution in [2.45, 2.75) is 6.10 Å². The van der Waals surface area contributed by atoms with Crippen molar-refractivity contribution in [1.29, 1.82) is 0 Å². The summed E-state index contributed by atoms with van der Waals surface area (Å²) in [4.78, 5) is 0. The molecule has 1 aromatic rings. The Bertz CT molecular complexity index is 206. The smallest absolute Gasteiger partial charge is 0.108 e. The lowest BCUT2D eigenvalue weighted by atomic mass is 10.1. The third-order valence-corrected chi connectivity index (χ3v) is 2.38. The molecule has 1 aromatic carbocycles. The van der Waals surface area contributed by atoms with E-state index in [0.717, 1.165) is 5.75 Å². The Morgan fingerprint density at radius 2 is 2.00 bits per heavy atom. The third-order valence-electron chi connectivity index (χ3n) is 1.57. The minimum absolute atomic E-state index is 0.353. The van der Waals surface area contributed by atoms with Crippen LogP contribution in [0.2, 0.25) is 0 Å². The van der Waals surface area contributed by atoms with E-state index < -0.39 is 0 Å². The fourth-order valence-corrected chi connectivity index (χ4v) is 1.53. The molecule has 1 aliphatic heterocycles. The molecule has 0 N–H and O–H groups in total. The van der Waals surface area contributed by atoms with Gasteiger partial charge in [0, 0.05) is 0 Å². The molecule has 0 aliphatic carbocycles. The lowest BCUT2D eigenvalue weighted by molar-refractivity contribution is 0.233. The molecule has 1 saturated heterocycles. The molecule has 1 aliphatic rings. The normalized spacial score (nSPS) is 23.8. The van der Waals surface area contributed by atoms with Gasteiger partial charge in [0.05, 0.1) is 5.75 Å². The van der Waals surface area contributed by atoms with Gasteiger partial charge in [0.2, 0.25) is 0 Å². The van der Waals surface area contributed by atoms with Crippen LogP contribution in [-0.2, 0) is 4.18 Å². The van der Waals surface area contributed by atoms with Crippen molar-refractivity contribution >= 4 is 12.0 Å². The lowest BCUT2D eigenvalue weighted by Crippen LogP contribution is -2.12. The molecular formula is C8H8OS. The fraction of sp³-hybridized carbons (Fsp3) is 0.250. The lowest BCUT2D eigenvalue weighted by Gasteiger charge is -2.24. The Labute approximate surface area is 64.6 Å². The standard InChI is InChI=1S/C8H8OS/c1-2-4-7(5-3-1)8-6-10-9-8/h1-5,8H,6H2. The molecule has 1 heterocycles. The van der Waals surface area contributed by atoms with Crippen LogP contribution in [0.15, 0.2) is 30.3 Å². The van der Waals surface area contributed by atoms with Crippen LogP contribution in [-0.4, -0.2) is 5.75 Å². The van der Waals surface area contributed by atoms with Crippen LogP contribution in [0.5, 0.6) is 0 Å². The largest absolute Gasteiger partial charge is 0.306 e. The second-order valence-electron chi connectivity index (χ2n) is 2.28. The number of rotatable bonds is 1. The highest BCUT2D eigenvalue weighted by molar-refractivity contribution is 7.95. The highest BCUT2D eigenvalue weighted by Crippen LogP contribution is 2.35. The van der Waals surface area contributed by atoms with Gasteiger partial charge in [0.1, 0.15) is 6.10 Å². The van der Waals surface area contributed by atoms with Gasteiger partial charge in [-0.1, -0.05) is 30.3 Å². The molecule has 0 aromatic heterocycles. The van der Waals surface area contributed by atoms with Crippen LogP contribution < -0.4 is 0 Å². The van der Waals surface area contributed by atoms with Crippen molar-refractivity contribution in [2.24, 2.45) is 0 Å². The molecule has 2 heteroatoms. The zero-order valence-corrected chi connectivity index (χ0v) is 6.30. The van der Waals surface area contributed by atoms with Gasteiger partial charge in [-0.3, -0.25) is 0 Å². The maximum Gasteiger partial charge on any atom is 0.108 e. The predicted molar refractivity (Wildman–Crippen MR) is 42.7 cm³/mol. The first kappa shape index (κ1) is 6.25. The maximum atomic E-state index is 5.23. The van der Waals surface area contributed by atoms with Gasteiger partial charge in [-0.15, -0.1) is 0 Å². The summed E-state index contributed by atoms with van der Waals surface area (Å²) in [5.74, 6) is 1.10. The van der Waals surface area contributed by atoms with E-state index >= 15 is 0 Å². The maximum absolute atomic E-state index is 5.23. The molecule has 0 amide bonds. The molecule has 1 nitrogen and oxygen atoms in total. The fourth-order valence-electron chi connectivity index (χ4n) is 0.956. The Kier molecular flexibility index (Phi) is 1.65. The van der Waals surface area contributed by atoms with E-state index in [0.29, 0.717) is 6.10 Å². The van der Waals surface area contributed by atoms with Gasteiger partial charge < -0.3 is 4.18 Å².